The van der Waals surface area contributed by atoms with E-state index in [0.717, 1.165) is 23.6 Å². The van der Waals surface area contributed by atoms with Gasteiger partial charge in [0, 0.05) is 24.2 Å². The minimum Gasteiger partial charge on any atom is -0.487 e. The van der Waals surface area contributed by atoms with Gasteiger partial charge in [0.1, 0.15) is 10.9 Å². The highest BCUT2D eigenvalue weighted by Crippen LogP contribution is 2.35. The second-order valence-corrected chi connectivity index (χ2v) is 6.98. The third-order valence-electron chi connectivity index (χ3n) is 4.45. The lowest BCUT2D eigenvalue weighted by atomic mass is 10.0. The molecule has 1 aliphatic heterocycles. The van der Waals surface area contributed by atoms with Gasteiger partial charge in [-0.15, -0.1) is 0 Å². The van der Waals surface area contributed by atoms with Gasteiger partial charge < -0.3 is 9.64 Å². The Morgan fingerprint density at radius 2 is 2.12 bits per heavy atom. The first-order valence-electron chi connectivity index (χ1n) is 8.23. The van der Waals surface area contributed by atoms with Crippen molar-refractivity contribution in [3.05, 3.63) is 57.9 Å². The van der Waals surface area contributed by atoms with E-state index >= 15 is 0 Å². The summed E-state index contributed by atoms with van der Waals surface area (Å²) in [6, 6.07) is 6.77. The van der Waals surface area contributed by atoms with Crippen LogP contribution in [-0.4, -0.2) is 28.3 Å². The minimum absolute atomic E-state index is 0.0968. The average Bonchev–Trinajstić information content (AvgIpc) is 2.91. The number of carbonyl (C=O) groups excluding carboxylic acids is 1. The fourth-order valence-electron chi connectivity index (χ4n) is 3.01. The van der Waals surface area contributed by atoms with E-state index in [-0.39, 0.29) is 11.9 Å². The van der Waals surface area contributed by atoms with Gasteiger partial charge in [0.2, 0.25) is 0 Å². The van der Waals surface area contributed by atoms with Crippen molar-refractivity contribution in [1.29, 1.82) is 0 Å². The van der Waals surface area contributed by atoms with Gasteiger partial charge in [-0.2, -0.15) is 0 Å². The van der Waals surface area contributed by atoms with Crippen LogP contribution in [0.2, 0.25) is 5.15 Å². The number of rotatable bonds is 5. The molecule has 2 heterocycles. The third-order valence-corrected chi connectivity index (χ3v) is 4.78. The summed E-state index contributed by atoms with van der Waals surface area (Å²) in [5, 5.41) is 0.339. The van der Waals surface area contributed by atoms with Gasteiger partial charge in [0.25, 0.3) is 11.8 Å². The Hall–Kier alpha value is -2.21. The summed E-state index contributed by atoms with van der Waals surface area (Å²) in [5.41, 5.74) is 2.93. The highest BCUT2D eigenvalue weighted by atomic mass is 35.5. The van der Waals surface area contributed by atoms with E-state index in [0.29, 0.717) is 23.0 Å². The summed E-state index contributed by atoms with van der Waals surface area (Å²) in [4.78, 5) is 18.4. The maximum Gasteiger partial charge on any atom is 0.278 e. The van der Waals surface area contributed by atoms with Crippen LogP contribution >= 0.6 is 11.6 Å². The highest BCUT2D eigenvalue weighted by Gasteiger charge is 2.33. The number of ether oxygens (including phenoxy) is 1. The molecule has 0 saturated carbocycles. The predicted molar refractivity (Wildman–Crippen MR) is 94.8 cm³/mol. The summed E-state index contributed by atoms with van der Waals surface area (Å²) in [6.45, 7) is 4.24. The maximum atomic E-state index is 13.0. The molecule has 0 fully saturated rings. The SMILES string of the molecule is Cc1cc(C(C)N2Cc3c(ccnc3Cl)C2=O)ccc1OCC(C)(F)F. The molecule has 1 aromatic heterocycles. The molecule has 3 rings (SSSR count). The molecule has 0 saturated heterocycles. The first-order chi connectivity index (χ1) is 12.2. The van der Waals surface area contributed by atoms with E-state index in [1.54, 1.807) is 30.0 Å². The lowest BCUT2D eigenvalue weighted by Crippen LogP contribution is -2.27. The average molecular weight is 381 g/mol. The first-order valence-corrected chi connectivity index (χ1v) is 8.60. The number of fused-ring (bicyclic) bond motifs is 1. The van der Waals surface area contributed by atoms with E-state index in [4.69, 9.17) is 16.3 Å². The van der Waals surface area contributed by atoms with Crippen molar-refractivity contribution in [3.63, 3.8) is 0 Å². The van der Waals surface area contributed by atoms with Crippen molar-refractivity contribution >= 4 is 17.5 Å². The van der Waals surface area contributed by atoms with Crippen LogP contribution in [0.5, 0.6) is 5.75 Å². The lowest BCUT2D eigenvalue weighted by Gasteiger charge is -2.25. The Labute approximate surface area is 155 Å². The molecular weight excluding hydrogens is 362 g/mol. The summed E-state index contributed by atoms with van der Waals surface area (Å²) in [7, 11) is 0. The second kappa shape index (κ2) is 6.83. The molecule has 138 valence electrons. The van der Waals surface area contributed by atoms with E-state index in [9.17, 15) is 13.6 Å². The molecule has 1 aliphatic rings. The smallest absolute Gasteiger partial charge is 0.278 e. The van der Waals surface area contributed by atoms with Crippen LogP contribution in [0, 0.1) is 6.92 Å². The van der Waals surface area contributed by atoms with Crippen LogP contribution in [0.25, 0.3) is 0 Å². The minimum atomic E-state index is -2.89. The van der Waals surface area contributed by atoms with Crippen LogP contribution in [0.15, 0.2) is 30.5 Å². The van der Waals surface area contributed by atoms with Gasteiger partial charge in [-0.25, -0.2) is 13.8 Å². The molecule has 0 spiro atoms. The van der Waals surface area contributed by atoms with Crippen molar-refractivity contribution in [2.45, 2.75) is 39.3 Å². The summed E-state index contributed by atoms with van der Waals surface area (Å²) < 4.78 is 31.1. The van der Waals surface area contributed by atoms with Crippen LogP contribution in [0.1, 0.15) is 46.9 Å². The number of hydrogen-bond donors (Lipinski definition) is 0. The van der Waals surface area contributed by atoms with Crippen LogP contribution in [0.4, 0.5) is 8.78 Å². The number of aromatic nitrogens is 1. The zero-order chi connectivity index (χ0) is 19.1. The largest absolute Gasteiger partial charge is 0.487 e. The summed E-state index contributed by atoms with van der Waals surface area (Å²) in [6.07, 6.45) is 1.52. The normalized spacial score (nSPS) is 15.2. The van der Waals surface area contributed by atoms with Crippen molar-refractivity contribution in [2.75, 3.05) is 6.61 Å². The second-order valence-electron chi connectivity index (χ2n) is 6.62. The van der Waals surface area contributed by atoms with Crippen molar-refractivity contribution in [2.24, 2.45) is 0 Å². The van der Waals surface area contributed by atoms with E-state index in [1.807, 2.05) is 13.0 Å². The molecule has 1 atom stereocenters. The zero-order valence-electron chi connectivity index (χ0n) is 14.7. The summed E-state index contributed by atoms with van der Waals surface area (Å²) in [5.74, 6) is -2.58. The number of alkyl halides is 2. The fourth-order valence-corrected chi connectivity index (χ4v) is 3.22. The molecule has 1 aromatic carbocycles. The van der Waals surface area contributed by atoms with Gasteiger partial charge in [-0.1, -0.05) is 23.7 Å². The molecule has 0 aliphatic carbocycles. The van der Waals surface area contributed by atoms with Crippen molar-refractivity contribution in [3.8, 4) is 5.75 Å². The number of pyridine rings is 1. The van der Waals surface area contributed by atoms with Gasteiger partial charge in [0.05, 0.1) is 12.6 Å². The molecular formula is C19H19ClF2N2O2. The molecule has 1 amide bonds. The Balaban J connectivity index is 1.79. The van der Waals surface area contributed by atoms with Crippen molar-refractivity contribution < 1.29 is 18.3 Å². The number of halogens is 3. The quantitative estimate of drug-likeness (QED) is 0.700. The monoisotopic (exact) mass is 380 g/mol. The number of carbonyl (C=O) groups is 1. The molecule has 0 N–H and O–H groups in total. The van der Waals surface area contributed by atoms with Crippen LogP contribution in [0.3, 0.4) is 0 Å². The number of nitrogens with zero attached hydrogens (tertiary/aromatic N) is 2. The Morgan fingerprint density at radius 3 is 2.73 bits per heavy atom. The Morgan fingerprint density at radius 1 is 1.38 bits per heavy atom. The van der Waals surface area contributed by atoms with Gasteiger partial charge in [-0.05, 0) is 37.1 Å². The Kier molecular flexibility index (Phi) is 4.88. The molecule has 4 nitrogen and oxygen atoms in total. The number of aryl methyl sites for hydroxylation is 1. The lowest BCUT2D eigenvalue weighted by molar-refractivity contribution is -0.0231. The zero-order valence-corrected chi connectivity index (χ0v) is 15.5. The molecule has 0 bridgehead atoms. The number of benzene rings is 1. The van der Waals surface area contributed by atoms with E-state index < -0.39 is 12.5 Å². The fraction of sp³-hybridized carbons (Fsp3) is 0.368. The van der Waals surface area contributed by atoms with E-state index in [1.165, 1.54) is 6.20 Å². The van der Waals surface area contributed by atoms with Gasteiger partial charge >= 0.3 is 0 Å². The van der Waals surface area contributed by atoms with Crippen LogP contribution in [-0.2, 0) is 6.54 Å². The topological polar surface area (TPSA) is 42.4 Å². The van der Waals surface area contributed by atoms with Gasteiger partial charge in [-0.3, -0.25) is 4.79 Å². The predicted octanol–water partition coefficient (Wildman–Crippen LogP) is 4.79. The maximum absolute atomic E-state index is 13.0. The van der Waals surface area contributed by atoms with Crippen LogP contribution < -0.4 is 4.74 Å². The molecule has 26 heavy (non-hydrogen) atoms. The Bertz CT molecular complexity index is 852. The first kappa shape index (κ1) is 18.6. The highest BCUT2D eigenvalue weighted by molar-refractivity contribution is 6.30. The van der Waals surface area contributed by atoms with Crippen molar-refractivity contribution in [1.82, 2.24) is 9.88 Å². The molecule has 0 radical (unpaired) electrons. The molecule has 2 aromatic rings. The van der Waals surface area contributed by atoms with Gasteiger partial charge in [0.15, 0.2) is 6.61 Å². The number of amides is 1. The molecule has 7 heteroatoms. The summed E-state index contributed by atoms with van der Waals surface area (Å²) >= 11 is 6.10. The standard InChI is InChI=1S/C19H19ClF2N2O2/c1-11-8-13(4-5-16(11)26-10-19(3,21)22)12(2)24-9-15-14(18(24)25)6-7-23-17(15)20/h4-8,12H,9-10H2,1-3H3. The molecule has 1 unspecified atom stereocenters. The van der Waals surface area contributed by atoms with E-state index in [2.05, 4.69) is 4.98 Å². The third kappa shape index (κ3) is 3.65. The number of hydrogen-bond acceptors (Lipinski definition) is 3.